The summed E-state index contributed by atoms with van der Waals surface area (Å²) in [5, 5.41) is 0. The topological polar surface area (TPSA) is 63.7 Å². The van der Waals surface area contributed by atoms with Crippen molar-refractivity contribution in [3.05, 3.63) is 23.8 Å². The minimum atomic E-state index is -3.91. The van der Waals surface area contributed by atoms with Crippen LogP contribution in [0.2, 0.25) is 0 Å². The van der Waals surface area contributed by atoms with Crippen LogP contribution in [0.3, 0.4) is 0 Å². The average Bonchev–Trinajstić information content (AvgIpc) is 2.45. The summed E-state index contributed by atoms with van der Waals surface area (Å²) in [5.41, 5.74) is 0.754. The predicted octanol–water partition coefficient (Wildman–Crippen LogP) is 2.31. The monoisotopic (exact) mass is 331 g/mol. The smallest absolute Gasteiger partial charge is 0.264 e. The first-order valence-electron chi connectivity index (χ1n) is 6.84. The van der Waals surface area contributed by atoms with Gasteiger partial charge in [0.25, 0.3) is 15.0 Å². The lowest BCUT2D eigenvalue weighted by Crippen LogP contribution is -2.38. The summed E-state index contributed by atoms with van der Waals surface area (Å²) in [4.78, 5) is 13.7. The molecule has 0 aromatic heterocycles. The Kier molecular flexibility index (Phi) is 5.11. The number of hydrogen-bond acceptors (Lipinski definition) is 4. The lowest BCUT2D eigenvalue weighted by molar-refractivity contribution is -0.134. The van der Waals surface area contributed by atoms with Crippen molar-refractivity contribution in [2.24, 2.45) is 0 Å². The molecule has 0 radical (unpaired) electrons. The van der Waals surface area contributed by atoms with Crippen molar-refractivity contribution < 1.29 is 17.9 Å². The number of amides is 1. The van der Waals surface area contributed by atoms with E-state index in [9.17, 15) is 13.2 Å². The molecular formula is C14H18ClNO4S. The van der Waals surface area contributed by atoms with Crippen molar-refractivity contribution in [1.29, 1.82) is 0 Å². The molecule has 1 amide bonds. The highest BCUT2D eigenvalue weighted by Crippen LogP contribution is 2.28. The van der Waals surface area contributed by atoms with E-state index < -0.39 is 9.05 Å². The summed E-state index contributed by atoms with van der Waals surface area (Å²) in [6.45, 7) is 3.05. The molecule has 1 aliphatic heterocycles. The van der Waals surface area contributed by atoms with Gasteiger partial charge in [-0.1, -0.05) is 6.07 Å². The van der Waals surface area contributed by atoms with Crippen LogP contribution in [0.1, 0.15) is 24.8 Å². The van der Waals surface area contributed by atoms with Gasteiger partial charge < -0.3 is 9.64 Å². The highest BCUT2D eigenvalue weighted by molar-refractivity contribution is 8.13. The molecule has 0 aliphatic carbocycles. The van der Waals surface area contributed by atoms with Crippen LogP contribution in [-0.4, -0.2) is 38.9 Å². The molecule has 2 rings (SSSR count). The predicted molar refractivity (Wildman–Crippen MR) is 80.1 cm³/mol. The lowest BCUT2D eigenvalue weighted by Gasteiger charge is -2.26. The van der Waals surface area contributed by atoms with Gasteiger partial charge in [-0.2, -0.15) is 0 Å². The van der Waals surface area contributed by atoms with Crippen LogP contribution in [0.15, 0.2) is 23.1 Å². The van der Waals surface area contributed by atoms with Crippen molar-refractivity contribution in [3.63, 3.8) is 0 Å². The minimum absolute atomic E-state index is 0.101. The molecular weight excluding hydrogens is 314 g/mol. The number of likely N-dealkylation sites (tertiary alicyclic amines) is 1. The molecule has 0 saturated carbocycles. The summed E-state index contributed by atoms with van der Waals surface area (Å²) in [7, 11) is 1.49. The highest BCUT2D eigenvalue weighted by atomic mass is 35.7. The van der Waals surface area contributed by atoms with Gasteiger partial charge in [0, 0.05) is 23.8 Å². The number of nitrogens with zero attached hydrogens (tertiary/aromatic N) is 1. The second-order valence-corrected chi connectivity index (χ2v) is 7.65. The first kappa shape index (κ1) is 16.1. The quantitative estimate of drug-likeness (QED) is 0.794. The second-order valence-electron chi connectivity index (χ2n) is 5.12. The van der Waals surface area contributed by atoms with Crippen LogP contribution in [-0.2, 0) is 13.8 Å². The fraction of sp³-hybridized carbons (Fsp3) is 0.500. The Morgan fingerprint density at radius 1 is 1.29 bits per heavy atom. The molecule has 1 saturated heterocycles. The summed E-state index contributed by atoms with van der Waals surface area (Å²) in [6, 6.07) is 4.67. The molecule has 1 aromatic rings. The van der Waals surface area contributed by atoms with Crippen LogP contribution in [0.25, 0.3) is 0 Å². The minimum Gasteiger partial charge on any atom is -0.482 e. The van der Waals surface area contributed by atoms with Gasteiger partial charge in [-0.3, -0.25) is 4.79 Å². The first-order chi connectivity index (χ1) is 9.88. The van der Waals surface area contributed by atoms with E-state index in [1.54, 1.807) is 17.9 Å². The maximum absolute atomic E-state index is 12.0. The van der Waals surface area contributed by atoms with Gasteiger partial charge in [0.1, 0.15) is 10.6 Å². The van der Waals surface area contributed by atoms with E-state index in [0.29, 0.717) is 0 Å². The summed E-state index contributed by atoms with van der Waals surface area (Å²) < 4.78 is 28.5. The second kappa shape index (κ2) is 6.66. The first-order valence-corrected chi connectivity index (χ1v) is 9.15. The van der Waals surface area contributed by atoms with Gasteiger partial charge >= 0.3 is 0 Å². The van der Waals surface area contributed by atoms with Crippen molar-refractivity contribution in [1.82, 2.24) is 4.90 Å². The van der Waals surface area contributed by atoms with E-state index in [4.69, 9.17) is 15.4 Å². The third kappa shape index (κ3) is 4.35. The van der Waals surface area contributed by atoms with Gasteiger partial charge in [0.15, 0.2) is 6.61 Å². The fourth-order valence-corrected chi connectivity index (χ4v) is 3.35. The molecule has 0 unspecified atom stereocenters. The molecule has 0 spiro atoms. The van der Waals surface area contributed by atoms with E-state index in [-0.39, 0.29) is 23.2 Å². The van der Waals surface area contributed by atoms with Crippen LogP contribution < -0.4 is 4.74 Å². The van der Waals surface area contributed by atoms with Crippen molar-refractivity contribution >= 4 is 25.6 Å². The Hall–Kier alpha value is -1.27. The van der Waals surface area contributed by atoms with Crippen molar-refractivity contribution in [3.8, 4) is 5.75 Å². The van der Waals surface area contributed by atoms with Gasteiger partial charge in [-0.15, -0.1) is 0 Å². The van der Waals surface area contributed by atoms with Crippen molar-refractivity contribution in [2.45, 2.75) is 31.1 Å². The van der Waals surface area contributed by atoms with Crippen molar-refractivity contribution in [2.75, 3.05) is 19.7 Å². The van der Waals surface area contributed by atoms with Gasteiger partial charge in [-0.25, -0.2) is 8.42 Å². The highest BCUT2D eigenvalue weighted by Gasteiger charge is 2.20. The zero-order valence-corrected chi connectivity index (χ0v) is 13.4. The van der Waals surface area contributed by atoms with E-state index >= 15 is 0 Å². The number of rotatable bonds is 4. The number of carbonyl (C=O) groups excluding carboxylic acids is 1. The summed E-state index contributed by atoms with van der Waals surface area (Å²) >= 11 is 0. The molecule has 1 heterocycles. The van der Waals surface area contributed by atoms with E-state index in [0.717, 1.165) is 37.9 Å². The molecule has 0 bridgehead atoms. The number of benzene rings is 1. The zero-order chi connectivity index (χ0) is 15.5. The Labute approximate surface area is 129 Å². The Bertz CT molecular complexity index is 624. The number of aryl methyl sites for hydroxylation is 1. The normalized spacial score (nSPS) is 15.8. The Morgan fingerprint density at radius 3 is 2.57 bits per heavy atom. The fourth-order valence-electron chi connectivity index (χ4n) is 2.30. The SMILES string of the molecule is Cc1ccc(OCC(=O)N2CCCCC2)c(S(=O)(=O)Cl)c1. The van der Waals surface area contributed by atoms with Crippen LogP contribution in [0.4, 0.5) is 0 Å². The number of ether oxygens (including phenoxy) is 1. The molecule has 0 N–H and O–H groups in total. The zero-order valence-electron chi connectivity index (χ0n) is 11.8. The Balaban J connectivity index is 2.08. The van der Waals surface area contributed by atoms with Gasteiger partial charge in [0.05, 0.1) is 0 Å². The third-order valence-corrected chi connectivity index (χ3v) is 4.76. The van der Waals surface area contributed by atoms with Crippen LogP contribution >= 0.6 is 10.7 Å². The molecule has 0 atom stereocenters. The summed E-state index contributed by atoms with van der Waals surface area (Å²) in [6.07, 6.45) is 3.13. The third-order valence-electron chi connectivity index (χ3n) is 3.42. The number of halogens is 1. The van der Waals surface area contributed by atoms with Gasteiger partial charge in [-0.05, 0) is 43.9 Å². The largest absolute Gasteiger partial charge is 0.482 e. The maximum Gasteiger partial charge on any atom is 0.264 e. The summed E-state index contributed by atoms with van der Waals surface area (Å²) in [5.74, 6) is -0.0193. The molecule has 1 aromatic carbocycles. The number of hydrogen-bond donors (Lipinski definition) is 0. The molecule has 21 heavy (non-hydrogen) atoms. The van der Waals surface area contributed by atoms with E-state index in [1.165, 1.54) is 12.1 Å². The standard InChI is InChI=1S/C14H18ClNO4S/c1-11-5-6-12(13(9-11)21(15,18)19)20-10-14(17)16-7-3-2-4-8-16/h5-6,9H,2-4,7-8,10H2,1H3. The van der Waals surface area contributed by atoms with E-state index in [2.05, 4.69) is 0 Å². The molecule has 1 fully saturated rings. The maximum atomic E-state index is 12.0. The lowest BCUT2D eigenvalue weighted by atomic mass is 10.1. The average molecular weight is 332 g/mol. The number of piperidine rings is 1. The number of carbonyl (C=O) groups is 1. The molecule has 7 heteroatoms. The van der Waals surface area contributed by atoms with Crippen LogP contribution in [0.5, 0.6) is 5.75 Å². The molecule has 5 nitrogen and oxygen atoms in total. The molecule has 1 aliphatic rings. The Morgan fingerprint density at radius 2 is 1.95 bits per heavy atom. The van der Waals surface area contributed by atoms with Crippen LogP contribution in [0, 0.1) is 6.92 Å². The van der Waals surface area contributed by atoms with Gasteiger partial charge in [0.2, 0.25) is 0 Å². The van der Waals surface area contributed by atoms with E-state index in [1.807, 2.05) is 0 Å². The molecule has 116 valence electrons.